The average Bonchev–Trinajstić information content (AvgIpc) is 2.60. The minimum Gasteiger partial charge on any atom is -0.324 e. The average molecular weight is 412 g/mol. The molecule has 2 aromatic carbocycles. The van der Waals surface area contributed by atoms with Gasteiger partial charge in [-0.1, -0.05) is 64.6 Å². The minimum atomic E-state index is -0.0192. The van der Waals surface area contributed by atoms with E-state index in [1.165, 1.54) is 11.1 Å². The highest BCUT2D eigenvalue weighted by Gasteiger charge is 2.25. The molecule has 1 saturated heterocycles. The van der Waals surface area contributed by atoms with E-state index in [1.54, 1.807) is 12.1 Å². The molecule has 1 aliphatic heterocycles. The first kappa shape index (κ1) is 19.5. The van der Waals surface area contributed by atoms with Crippen LogP contribution >= 0.6 is 34.8 Å². The number of aryl methyl sites for hydroxylation is 1. The molecule has 3 rings (SSSR count). The summed E-state index contributed by atoms with van der Waals surface area (Å²) in [4.78, 5) is 15.0. The summed E-state index contributed by atoms with van der Waals surface area (Å²) in [6, 6.07) is 11.7. The molecule has 0 unspecified atom stereocenters. The van der Waals surface area contributed by atoms with E-state index in [2.05, 4.69) is 41.4 Å². The summed E-state index contributed by atoms with van der Waals surface area (Å²) in [6.07, 6.45) is 1.66. The lowest BCUT2D eigenvalue weighted by Gasteiger charge is -2.31. The predicted octanol–water partition coefficient (Wildman–Crippen LogP) is 5.81. The normalized spacial score (nSPS) is 15.8. The number of anilines is 1. The molecule has 6 heteroatoms. The minimum absolute atomic E-state index is 0.0134. The van der Waals surface area contributed by atoms with Crippen LogP contribution < -0.4 is 5.32 Å². The van der Waals surface area contributed by atoms with Gasteiger partial charge in [0.1, 0.15) is 0 Å². The molecule has 1 N–H and O–H groups in total. The van der Waals surface area contributed by atoms with Crippen molar-refractivity contribution in [2.24, 2.45) is 5.92 Å². The van der Waals surface area contributed by atoms with Crippen molar-refractivity contribution in [3.63, 3.8) is 0 Å². The monoisotopic (exact) mass is 410 g/mol. The lowest BCUT2D eigenvalue weighted by molar-refractivity contribution is -0.121. The fraction of sp³-hybridized carbons (Fsp3) is 0.350. The first-order valence-corrected chi connectivity index (χ1v) is 9.79. The summed E-state index contributed by atoms with van der Waals surface area (Å²) in [7, 11) is 0. The first-order chi connectivity index (χ1) is 12.4. The molecule has 26 heavy (non-hydrogen) atoms. The van der Waals surface area contributed by atoms with E-state index < -0.39 is 0 Å². The molecule has 0 radical (unpaired) electrons. The van der Waals surface area contributed by atoms with Crippen LogP contribution in [0, 0.1) is 12.8 Å². The van der Waals surface area contributed by atoms with Crippen LogP contribution in [-0.2, 0) is 11.3 Å². The highest BCUT2D eigenvalue weighted by molar-refractivity contribution is 6.44. The maximum absolute atomic E-state index is 12.6. The molecule has 138 valence electrons. The van der Waals surface area contributed by atoms with Crippen molar-refractivity contribution in [2.75, 3.05) is 18.4 Å². The second kappa shape index (κ2) is 8.62. The van der Waals surface area contributed by atoms with Gasteiger partial charge in [0.05, 0.1) is 20.8 Å². The van der Waals surface area contributed by atoms with E-state index in [9.17, 15) is 4.79 Å². The highest BCUT2D eigenvalue weighted by atomic mass is 35.5. The van der Waals surface area contributed by atoms with Gasteiger partial charge in [-0.3, -0.25) is 9.69 Å². The number of hydrogen-bond donors (Lipinski definition) is 1. The van der Waals surface area contributed by atoms with Crippen molar-refractivity contribution < 1.29 is 4.79 Å². The van der Waals surface area contributed by atoms with E-state index in [4.69, 9.17) is 34.8 Å². The standard InChI is InChI=1S/C20H21Cl3N2O/c1-13-3-2-4-14(9-13)12-25-7-5-15(6-8-25)20(26)24-19-11-17(22)16(21)10-18(19)23/h2-4,9-11,15H,5-8,12H2,1H3,(H,24,26). The quantitative estimate of drug-likeness (QED) is 0.644. The van der Waals surface area contributed by atoms with Crippen molar-refractivity contribution in [3.8, 4) is 0 Å². The van der Waals surface area contributed by atoms with Crippen LogP contribution in [0.3, 0.4) is 0 Å². The Bertz CT molecular complexity index is 802. The molecule has 0 aliphatic carbocycles. The van der Waals surface area contributed by atoms with Crippen LogP contribution in [0.25, 0.3) is 0 Å². The number of piperidine rings is 1. The second-order valence-corrected chi connectivity index (χ2v) is 8.00. The number of halogens is 3. The van der Waals surface area contributed by atoms with Gasteiger partial charge in [0.2, 0.25) is 5.91 Å². The number of amides is 1. The molecule has 1 aliphatic rings. The largest absolute Gasteiger partial charge is 0.324 e. The molecular formula is C20H21Cl3N2O. The number of hydrogen-bond acceptors (Lipinski definition) is 2. The van der Waals surface area contributed by atoms with Crippen LogP contribution in [0.2, 0.25) is 15.1 Å². The zero-order valence-electron chi connectivity index (χ0n) is 14.6. The molecule has 1 heterocycles. The zero-order valence-corrected chi connectivity index (χ0v) is 16.8. The molecule has 0 saturated carbocycles. The summed E-state index contributed by atoms with van der Waals surface area (Å²) in [5.74, 6) is -0.0326. The summed E-state index contributed by atoms with van der Waals surface area (Å²) in [5.41, 5.74) is 3.10. The van der Waals surface area contributed by atoms with Crippen LogP contribution in [0.15, 0.2) is 36.4 Å². The van der Waals surface area contributed by atoms with Gasteiger partial charge in [-0.2, -0.15) is 0 Å². The van der Waals surface area contributed by atoms with Gasteiger partial charge >= 0.3 is 0 Å². The maximum Gasteiger partial charge on any atom is 0.227 e. The van der Waals surface area contributed by atoms with Crippen molar-refractivity contribution >= 4 is 46.4 Å². The summed E-state index contributed by atoms with van der Waals surface area (Å²) in [5, 5.41) is 4.03. The summed E-state index contributed by atoms with van der Waals surface area (Å²) in [6.45, 7) is 4.84. The van der Waals surface area contributed by atoms with E-state index in [0.29, 0.717) is 20.8 Å². The van der Waals surface area contributed by atoms with Gasteiger partial charge in [-0.05, 0) is 50.6 Å². The molecule has 0 bridgehead atoms. The van der Waals surface area contributed by atoms with Crippen LogP contribution in [0.1, 0.15) is 24.0 Å². The van der Waals surface area contributed by atoms with E-state index in [0.717, 1.165) is 32.5 Å². The number of nitrogens with zero attached hydrogens (tertiary/aromatic N) is 1. The van der Waals surface area contributed by atoms with Crippen molar-refractivity contribution in [3.05, 3.63) is 62.6 Å². The Morgan fingerprint density at radius 2 is 1.77 bits per heavy atom. The van der Waals surface area contributed by atoms with Crippen molar-refractivity contribution in [1.82, 2.24) is 4.90 Å². The SMILES string of the molecule is Cc1cccc(CN2CCC(C(=O)Nc3cc(Cl)c(Cl)cc3Cl)CC2)c1. The van der Waals surface area contributed by atoms with Gasteiger partial charge in [0.25, 0.3) is 0 Å². The number of likely N-dealkylation sites (tertiary alicyclic amines) is 1. The smallest absolute Gasteiger partial charge is 0.227 e. The van der Waals surface area contributed by atoms with Gasteiger partial charge in [-0.15, -0.1) is 0 Å². The molecule has 1 fully saturated rings. The third-order valence-electron chi connectivity index (χ3n) is 4.71. The lowest BCUT2D eigenvalue weighted by Crippen LogP contribution is -2.37. The van der Waals surface area contributed by atoms with Gasteiger partial charge in [0.15, 0.2) is 0 Å². The Hall–Kier alpha value is -1.26. The maximum atomic E-state index is 12.6. The topological polar surface area (TPSA) is 32.3 Å². The van der Waals surface area contributed by atoms with E-state index in [1.807, 2.05) is 0 Å². The second-order valence-electron chi connectivity index (χ2n) is 6.77. The Morgan fingerprint density at radius 3 is 2.46 bits per heavy atom. The van der Waals surface area contributed by atoms with Gasteiger partial charge < -0.3 is 5.32 Å². The Morgan fingerprint density at radius 1 is 1.08 bits per heavy atom. The Balaban J connectivity index is 1.54. The number of carbonyl (C=O) groups is 1. The number of benzene rings is 2. The number of nitrogens with one attached hydrogen (secondary N) is 1. The molecule has 1 amide bonds. The molecule has 0 spiro atoms. The van der Waals surface area contributed by atoms with E-state index in [-0.39, 0.29) is 11.8 Å². The molecule has 0 atom stereocenters. The van der Waals surface area contributed by atoms with Crippen molar-refractivity contribution in [1.29, 1.82) is 0 Å². The van der Waals surface area contributed by atoms with Crippen LogP contribution in [0.5, 0.6) is 0 Å². The molecule has 0 aromatic heterocycles. The van der Waals surface area contributed by atoms with Gasteiger partial charge in [-0.25, -0.2) is 0 Å². The van der Waals surface area contributed by atoms with Crippen molar-refractivity contribution in [2.45, 2.75) is 26.3 Å². The fourth-order valence-corrected chi connectivity index (χ4v) is 3.87. The molecular weight excluding hydrogens is 391 g/mol. The molecule has 3 nitrogen and oxygen atoms in total. The summed E-state index contributed by atoms with van der Waals surface area (Å²) >= 11 is 18.1. The molecule has 2 aromatic rings. The summed E-state index contributed by atoms with van der Waals surface area (Å²) < 4.78 is 0. The zero-order chi connectivity index (χ0) is 18.7. The first-order valence-electron chi connectivity index (χ1n) is 8.65. The number of rotatable bonds is 4. The lowest BCUT2D eigenvalue weighted by atomic mass is 9.95. The third kappa shape index (κ3) is 4.92. The number of carbonyl (C=O) groups excluding carboxylic acids is 1. The Kier molecular flexibility index (Phi) is 6.46. The van der Waals surface area contributed by atoms with E-state index >= 15 is 0 Å². The predicted molar refractivity (Wildman–Crippen MR) is 109 cm³/mol. The van der Waals surface area contributed by atoms with Gasteiger partial charge in [0, 0.05) is 12.5 Å². The third-order valence-corrected chi connectivity index (χ3v) is 5.75. The van der Waals surface area contributed by atoms with Crippen LogP contribution in [-0.4, -0.2) is 23.9 Å². The Labute approximate surface area is 169 Å². The highest BCUT2D eigenvalue weighted by Crippen LogP contribution is 2.33. The fourth-order valence-electron chi connectivity index (χ4n) is 3.28. The van der Waals surface area contributed by atoms with Crippen LogP contribution in [0.4, 0.5) is 5.69 Å².